The van der Waals surface area contributed by atoms with Gasteiger partial charge in [0, 0.05) is 0 Å². The molecule has 2 nitrogen and oxygen atoms in total. The first-order chi connectivity index (χ1) is 6.84. The Morgan fingerprint density at radius 1 is 1.29 bits per heavy atom. The molecule has 76 valence electrons. The maximum atomic E-state index is 9.60. The zero-order chi connectivity index (χ0) is 9.80. The lowest BCUT2D eigenvalue weighted by Crippen LogP contribution is -2.17. The van der Waals surface area contributed by atoms with Gasteiger partial charge in [0.1, 0.15) is 12.4 Å². The summed E-state index contributed by atoms with van der Waals surface area (Å²) in [5.41, 5.74) is 0. The third-order valence-electron chi connectivity index (χ3n) is 2.49. The maximum absolute atomic E-state index is 9.60. The average Bonchev–Trinajstić information content (AvgIpc) is 3.00. The van der Waals surface area contributed by atoms with Crippen molar-refractivity contribution in [2.24, 2.45) is 5.92 Å². The van der Waals surface area contributed by atoms with E-state index < -0.39 is 0 Å². The molecule has 1 saturated carbocycles. The lowest BCUT2D eigenvalue weighted by molar-refractivity contribution is 0.0952. The van der Waals surface area contributed by atoms with E-state index in [9.17, 15) is 5.11 Å². The van der Waals surface area contributed by atoms with Crippen LogP contribution in [0.1, 0.15) is 19.3 Å². The second-order valence-corrected chi connectivity index (χ2v) is 3.96. The first-order valence-electron chi connectivity index (χ1n) is 5.20. The normalized spacial score (nSPS) is 17.8. The highest BCUT2D eigenvalue weighted by Gasteiger charge is 2.24. The molecule has 0 heterocycles. The molecule has 0 saturated heterocycles. The summed E-state index contributed by atoms with van der Waals surface area (Å²) >= 11 is 0. The van der Waals surface area contributed by atoms with Crippen LogP contribution in [0.5, 0.6) is 5.75 Å². The SMILES string of the molecule is OC(COc1ccccc1)CC1CC1. The largest absolute Gasteiger partial charge is 0.491 e. The van der Waals surface area contributed by atoms with E-state index in [0.29, 0.717) is 6.61 Å². The molecule has 2 heteroatoms. The summed E-state index contributed by atoms with van der Waals surface area (Å²) in [7, 11) is 0. The third-order valence-corrected chi connectivity index (χ3v) is 2.49. The first kappa shape index (κ1) is 9.53. The van der Waals surface area contributed by atoms with Crippen LogP contribution in [0.4, 0.5) is 0 Å². The molecule has 0 bridgehead atoms. The minimum atomic E-state index is -0.303. The van der Waals surface area contributed by atoms with Crippen molar-refractivity contribution in [3.05, 3.63) is 30.3 Å². The quantitative estimate of drug-likeness (QED) is 0.775. The van der Waals surface area contributed by atoms with Crippen molar-refractivity contribution >= 4 is 0 Å². The van der Waals surface area contributed by atoms with Crippen LogP contribution in [0.15, 0.2) is 30.3 Å². The predicted molar refractivity (Wildman–Crippen MR) is 55.3 cm³/mol. The fraction of sp³-hybridized carbons (Fsp3) is 0.500. The fourth-order valence-corrected chi connectivity index (χ4v) is 1.52. The van der Waals surface area contributed by atoms with Gasteiger partial charge in [0.05, 0.1) is 6.10 Å². The van der Waals surface area contributed by atoms with Crippen molar-refractivity contribution in [1.82, 2.24) is 0 Å². The van der Waals surface area contributed by atoms with Gasteiger partial charge in [0.15, 0.2) is 0 Å². The van der Waals surface area contributed by atoms with E-state index in [1.165, 1.54) is 12.8 Å². The van der Waals surface area contributed by atoms with Gasteiger partial charge in [-0.1, -0.05) is 31.0 Å². The Morgan fingerprint density at radius 2 is 2.00 bits per heavy atom. The molecule has 0 aromatic heterocycles. The Hall–Kier alpha value is -1.02. The molecule has 1 fully saturated rings. The maximum Gasteiger partial charge on any atom is 0.119 e. The van der Waals surface area contributed by atoms with Gasteiger partial charge in [-0.25, -0.2) is 0 Å². The number of hydrogen-bond donors (Lipinski definition) is 1. The standard InChI is InChI=1S/C12H16O2/c13-11(8-10-6-7-10)9-14-12-4-2-1-3-5-12/h1-5,10-11,13H,6-9H2. The summed E-state index contributed by atoms with van der Waals surface area (Å²) in [6.07, 6.45) is 3.15. The molecule has 0 radical (unpaired) electrons. The monoisotopic (exact) mass is 192 g/mol. The van der Waals surface area contributed by atoms with E-state index in [4.69, 9.17) is 4.74 Å². The molecule has 1 aliphatic rings. The molecule has 1 aromatic carbocycles. The van der Waals surface area contributed by atoms with Crippen molar-refractivity contribution in [3.63, 3.8) is 0 Å². The smallest absolute Gasteiger partial charge is 0.119 e. The topological polar surface area (TPSA) is 29.5 Å². The van der Waals surface area contributed by atoms with Gasteiger partial charge in [-0.05, 0) is 24.5 Å². The second kappa shape index (κ2) is 4.47. The van der Waals surface area contributed by atoms with Gasteiger partial charge in [0.25, 0.3) is 0 Å². The number of aliphatic hydroxyl groups is 1. The van der Waals surface area contributed by atoms with Crippen molar-refractivity contribution in [2.75, 3.05) is 6.61 Å². The van der Waals surface area contributed by atoms with Gasteiger partial charge >= 0.3 is 0 Å². The number of para-hydroxylation sites is 1. The average molecular weight is 192 g/mol. The van der Waals surface area contributed by atoms with Crippen molar-refractivity contribution in [3.8, 4) is 5.75 Å². The Bertz CT molecular complexity index is 267. The molecule has 14 heavy (non-hydrogen) atoms. The van der Waals surface area contributed by atoms with Crippen molar-refractivity contribution in [2.45, 2.75) is 25.4 Å². The Labute approximate surface area is 84.5 Å². The molecular formula is C12H16O2. The predicted octanol–water partition coefficient (Wildman–Crippen LogP) is 2.23. The molecule has 2 rings (SSSR count). The van der Waals surface area contributed by atoms with E-state index in [2.05, 4.69) is 0 Å². The summed E-state index contributed by atoms with van der Waals surface area (Å²) in [6, 6.07) is 9.63. The van der Waals surface area contributed by atoms with Crippen LogP contribution in [0.2, 0.25) is 0 Å². The number of rotatable bonds is 5. The summed E-state index contributed by atoms with van der Waals surface area (Å²) in [5, 5.41) is 9.60. The van der Waals surface area contributed by atoms with Gasteiger partial charge in [-0.15, -0.1) is 0 Å². The summed E-state index contributed by atoms with van der Waals surface area (Å²) in [6.45, 7) is 0.417. The van der Waals surface area contributed by atoms with Crippen molar-refractivity contribution in [1.29, 1.82) is 0 Å². The van der Waals surface area contributed by atoms with Crippen molar-refractivity contribution < 1.29 is 9.84 Å². The zero-order valence-electron chi connectivity index (χ0n) is 8.23. The third kappa shape index (κ3) is 3.04. The van der Waals surface area contributed by atoms with Crippen LogP contribution in [0, 0.1) is 5.92 Å². The molecule has 1 unspecified atom stereocenters. The molecular weight excluding hydrogens is 176 g/mol. The molecule has 0 amide bonds. The molecule has 1 aliphatic carbocycles. The van der Waals surface area contributed by atoms with E-state index in [1.54, 1.807) is 0 Å². The van der Waals surface area contributed by atoms with Gasteiger partial charge in [-0.2, -0.15) is 0 Å². The zero-order valence-corrected chi connectivity index (χ0v) is 8.23. The number of hydrogen-bond acceptors (Lipinski definition) is 2. The van der Waals surface area contributed by atoms with Crippen LogP contribution >= 0.6 is 0 Å². The summed E-state index contributed by atoms with van der Waals surface area (Å²) < 4.78 is 5.45. The Kier molecular flexibility index (Phi) is 3.04. The molecule has 1 aromatic rings. The number of benzene rings is 1. The van der Waals surface area contributed by atoms with E-state index >= 15 is 0 Å². The number of ether oxygens (including phenoxy) is 1. The lowest BCUT2D eigenvalue weighted by Gasteiger charge is -2.11. The minimum absolute atomic E-state index is 0.303. The second-order valence-electron chi connectivity index (χ2n) is 3.96. The lowest BCUT2D eigenvalue weighted by atomic mass is 10.2. The highest BCUT2D eigenvalue weighted by atomic mass is 16.5. The van der Waals surface area contributed by atoms with E-state index in [1.807, 2.05) is 30.3 Å². The fourth-order valence-electron chi connectivity index (χ4n) is 1.52. The highest BCUT2D eigenvalue weighted by molar-refractivity contribution is 5.20. The van der Waals surface area contributed by atoms with Crippen LogP contribution in [-0.2, 0) is 0 Å². The van der Waals surface area contributed by atoms with Crippen LogP contribution in [0.25, 0.3) is 0 Å². The molecule has 0 aliphatic heterocycles. The molecule has 1 atom stereocenters. The number of aliphatic hydroxyl groups excluding tert-OH is 1. The first-order valence-corrected chi connectivity index (χ1v) is 5.20. The Morgan fingerprint density at radius 3 is 2.64 bits per heavy atom. The van der Waals surface area contributed by atoms with Crippen LogP contribution < -0.4 is 4.74 Å². The van der Waals surface area contributed by atoms with E-state index in [0.717, 1.165) is 18.1 Å². The minimum Gasteiger partial charge on any atom is -0.491 e. The molecule has 0 spiro atoms. The summed E-state index contributed by atoms with van der Waals surface area (Å²) in [5.74, 6) is 1.59. The molecule has 1 N–H and O–H groups in total. The highest BCUT2D eigenvalue weighted by Crippen LogP contribution is 2.33. The van der Waals surface area contributed by atoms with Gasteiger partial charge in [0.2, 0.25) is 0 Å². The van der Waals surface area contributed by atoms with Gasteiger partial charge in [-0.3, -0.25) is 0 Å². The van der Waals surface area contributed by atoms with E-state index in [-0.39, 0.29) is 6.10 Å². The van der Waals surface area contributed by atoms with Gasteiger partial charge < -0.3 is 9.84 Å². The van der Waals surface area contributed by atoms with Crippen LogP contribution in [0.3, 0.4) is 0 Å². The Balaban J connectivity index is 1.70. The van der Waals surface area contributed by atoms with Crippen LogP contribution in [-0.4, -0.2) is 17.8 Å². The summed E-state index contributed by atoms with van der Waals surface area (Å²) in [4.78, 5) is 0.